The molecule has 0 aromatic heterocycles. The topological polar surface area (TPSA) is 38.7 Å². The average molecular weight is 252 g/mol. The van der Waals surface area contributed by atoms with Gasteiger partial charge in [-0.3, -0.25) is 0 Å². The van der Waals surface area contributed by atoms with Crippen LogP contribution < -0.4 is 4.74 Å². The summed E-state index contributed by atoms with van der Waals surface area (Å²) in [4.78, 5) is 0. The van der Waals surface area contributed by atoms with E-state index in [9.17, 15) is 5.11 Å². The fraction of sp³-hybridized carbons (Fsp3) is 0.600. The molecule has 1 aromatic rings. The van der Waals surface area contributed by atoms with Gasteiger partial charge in [-0.1, -0.05) is 19.1 Å². The second-order valence-corrected chi connectivity index (χ2v) is 4.49. The fourth-order valence-electron chi connectivity index (χ4n) is 1.59. The molecule has 0 aliphatic rings. The lowest BCUT2D eigenvalue weighted by Gasteiger charge is -2.08. The Kier molecular flexibility index (Phi) is 7.46. The van der Waals surface area contributed by atoms with Crippen LogP contribution in [0.2, 0.25) is 0 Å². The summed E-state index contributed by atoms with van der Waals surface area (Å²) in [5.74, 6) is 0.871. The predicted octanol–water partition coefficient (Wildman–Crippen LogP) is 2.81. The first-order valence-electron chi connectivity index (χ1n) is 6.70. The molecule has 1 unspecified atom stereocenters. The van der Waals surface area contributed by atoms with Crippen molar-refractivity contribution >= 4 is 0 Å². The lowest BCUT2D eigenvalue weighted by atomic mass is 10.1. The van der Waals surface area contributed by atoms with Crippen molar-refractivity contribution in [2.24, 2.45) is 0 Å². The highest BCUT2D eigenvalue weighted by Gasteiger charge is 1.99. The summed E-state index contributed by atoms with van der Waals surface area (Å²) in [6.45, 7) is 5.92. The summed E-state index contributed by atoms with van der Waals surface area (Å²) < 4.78 is 10.9. The first-order valence-corrected chi connectivity index (χ1v) is 6.70. The standard InChI is InChI=1S/C15H24O3/c1-3-10-17-11-12-18-15-8-6-14(7-9-15)5-4-13(2)16/h6-9,13,16H,3-5,10-12H2,1-2H3. The van der Waals surface area contributed by atoms with Crippen LogP contribution in [0, 0.1) is 0 Å². The molecule has 1 aromatic carbocycles. The van der Waals surface area contributed by atoms with Crippen LogP contribution in [0.15, 0.2) is 24.3 Å². The van der Waals surface area contributed by atoms with Crippen molar-refractivity contribution in [1.29, 1.82) is 0 Å². The van der Waals surface area contributed by atoms with Crippen LogP contribution in [0.5, 0.6) is 5.75 Å². The number of aliphatic hydroxyl groups excluding tert-OH is 1. The number of rotatable bonds is 9. The highest BCUT2D eigenvalue weighted by atomic mass is 16.5. The number of aliphatic hydroxyl groups is 1. The molecule has 0 amide bonds. The minimum atomic E-state index is -0.239. The number of hydrogen-bond acceptors (Lipinski definition) is 3. The SMILES string of the molecule is CCCOCCOc1ccc(CCC(C)O)cc1. The van der Waals surface area contributed by atoms with Gasteiger partial charge in [0.1, 0.15) is 12.4 Å². The normalized spacial score (nSPS) is 12.4. The Hall–Kier alpha value is -1.06. The quantitative estimate of drug-likeness (QED) is 0.687. The maximum atomic E-state index is 9.22. The molecule has 1 N–H and O–H groups in total. The highest BCUT2D eigenvalue weighted by molar-refractivity contribution is 5.27. The van der Waals surface area contributed by atoms with Crippen molar-refractivity contribution in [3.63, 3.8) is 0 Å². The molecule has 1 rings (SSSR count). The van der Waals surface area contributed by atoms with Gasteiger partial charge in [0, 0.05) is 6.61 Å². The van der Waals surface area contributed by atoms with Crippen LogP contribution in [0.3, 0.4) is 0 Å². The molecule has 0 fully saturated rings. The Morgan fingerprint density at radius 2 is 1.83 bits per heavy atom. The van der Waals surface area contributed by atoms with E-state index in [1.54, 1.807) is 0 Å². The third-order valence-electron chi connectivity index (χ3n) is 2.62. The zero-order chi connectivity index (χ0) is 13.2. The third kappa shape index (κ3) is 6.62. The lowest BCUT2D eigenvalue weighted by molar-refractivity contribution is 0.101. The van der Waals surface area contributed by atoms with Crippen molar-refractivity contribution in [1.82, 2.24) is 0 Å². The summed E-state index contributed by atoms with van der Waals surface area (Å²) in [5.41, 5.74) is 1.23. The number of hydrogen-bond donors (Lipinski definition) is 1. The van der Waals surface area contributed by atoms with E-state index in [2.05, 4.69) is 6.92 Å². The molecular weight excluding hydrogens is 228 g/mol. The Balaban J connectivity index is 2.23. The van der Waals surface area contributed by atoms with Crippen molar-refractivity contribution in [2.45, 2.75) is 39.2 Å². The maximum absolute atomic E-state index is 9.22. The molecule has 0 aliphatic carbocycles. The van der Waals surface area contributed by atoms with Gasteiger partial charge in [0.2, 0.25) is 0 Å². The van der Waals surface area contributed by atoms with Crippen molar-refractivity contribution in [3.05, 3.63) is 29.8 Å². The molecule has 0 bridgehead atoms. The van der Waals surface area contributed by atoms with Gasteiger partial charge in [-0.05, 0) is 43.9 Å². The molecule has 0 saturated heterocycles. The number of benzene rings is 1. The van der Waals surface area contributed by atoms with Gasteiger partial charge < -0.3 is 14.6 Å². The van der Waals surface area contributed by atoms with Crippen LogP contribution in [0.25, 0.3) is 0 Å². The molecule has 18 heavy (non-hydrogen) atoms. The molecule has 0 spiro atoms. The van der Waals surface area contributed by atoms with Gasteiger partial charge in [0.05, 0.1) is 12.7 Å². The second kappa shape index (κ2) is 8.95. The monoisotopic (exact) mass is 252 g/mol. The summed E-state index contributed by atoms with van der Waals surface area (Å²) in [5, 5.41) is 9.22. The smallest absolute Gasteiger partial charge is 0.119 e. The summed E-state index contributed by atoms with van der Waals surface area (Å²) >= 11 is 0. The van der Waals surface area contributed by atoms with E-state index in [0.717, 1.165) is 31.6 Å². The zero-order valence-corrected chi connectivity index (χ0v) is 11.4. The second-order valence-electron chi connectivity index (χ2n) is 4.49. The molecule has 0 aliphatic heterocycles. The Morgan fingerprint density at radius 1 is 1.11 bits per heavy atom. The van der Waals surface area contributed by atoms with Crippen LogP contribution in [0.4, 0.5) is 0 Å². The minimum Gasteiger partial charge on any atom is -0.491 e. The number of ether oxygens (including phenoxy) is 2. The van der Waals surface area contributed by atoms with Gasteiger partial charge in [-0.2, -0.15) is 0 Å². The van der Waals surface area contributed by atoms with Crippen LogP contribution in [-0.2, 0) is 11.2 Å². The van der Waals surface area contributed by atoms with E-state index in [-0.39, 0.29) is 6.10 Å². The molecule has 102 valence electrons. The van der Waals surface area contributed by atoms with Crippen LogP contribution in [-0.4, -0.2) is 31.0 Å². The van der Waals surface area contributed by atoms with Crippen LogP contribution in [0.1, 0.15) is 32.3 Å². The first kappa shape index (κ1) is 15.0. The highest BCUT2D eigenvalue weighted by Crippen LogP contribution is 2.13. The van der Waals surface area contributed by atoms with E-state index in [0.29, 0.717) is 13.2 Å². The molecule has 0 heterocycles. The largest absolute Gasteiger partial charge is 0.491 e. The van der Waals surface area contributed by atoms with E-state index >= 15 is 0 Å². The fourth-order valence-corrected chi connectivity index (χ4v) is 1.59. The molecule has 1 atom stereocenters. The zero-order valence-electron chi connectivity index (χ0n) is 11.4. The van der Waals surface area contributed by atoms with Gasteiger partial charge in [-0.25, -0.2) is 0 Å². The number of aryl methyl sites for hydroxylation is 1. The molecular formula is C15H24O3. The van der Waals surface area contributed by atoms with E-state index in [1.165, 1.54) is 5.56 Å². The Labute approximate surface area is 110 Å². The molecule has 0 radical (unpaired) electrons. The molecule has 0 saturated carbocycles. The Bertz CT molecular complexity index is 306. The first-order chi connectivity index (χ1) is 8.72. The third-order valence-corrected chi connectivity index (χ3v) is 2.62. The Morgan fingerprint density at radius 3 is 2.44 bits per heavy atom. The summed E-state index contributed by atoms with van der Waals surface area (Å²) in [7, 11) is 0. The van der Waals surface area contributed by atoms with E-state index in [1.807, 2.05) is 31.2 Å². The van der Waals surface area contributed by atoms with Gasteiger partial charge in [0.15, 0.2) is 0 Å². The van der Waals surface area contributed by atoms with E-state index in [4.69, 9.17) is 9.47 Å². The van der Waals surface area contributed by atoms with Crippen molar-refractivity contribution < 1.29 is 14.6 Å². The van der Waals surface area contributed by atoms with Gasteiger partial charge in [0.25, 0.3) is 0 Å². The predicted molar refractivity (Wildman–Crippen MR) is 73.0 cm³/mol. The van der Waals surface area contributed by atoms with Gasteiger partial charge in [-0.15, -0.1) is 0 Å². The maximum Gasteiger partial charge on any atom is 0.119 e. The van der Waals surface area contributed by atoms with Crippen LogP contribution >= 0.6 is 0 Å². The summed E-state index contributed by atoms with van der Waals surface area (Å²) in [6.07, 6.45) is 2.50. The van der Waals surface area contributed by atoms with E-state index < -0.39 is 0 Å². The molecule has 3 heteroatoms. The average Bonchev–Trinajstić information content (AvgIpc) is 2.37. The summed E-state index contributed by atoms with van der Waals surface area (Å²) in [6, 6.07) is 8.03. The van der Waals surface area contributed by atoms with Crippen molar-refractivity contribution in [2.75, 3.05) is 19.8 Å². The van der Waals surface area contributed by atoms with Gasteiger partial charge >= 0.3 is 0 Å². The van der Waals surface area contributed by atoms with Crippen molar-refractivity contribution in [3.8, 4) is 5.75 Å². The minimum absolute atomic E-state index is 0.239. The molecule has 3 nitrogen and oxygen atoms in total. The lowest BCUT2D eigenvalue weighted by Crippen LogP contribution is -2.07.